The zero-order valence-corrected chi connectivity index (χ0v) is 13.1. The molecule has 2 N–H and O–H groups in total. The highest BCUT2D eigenvalue weighted by Crippen LogP contribution is 2.50. The third-order valence-corrected chi connectivity index (χ3v) is 4.32. The zero-order valence-electron chi connectivity index (χ0n) is 13.1. The fraction of sp³-hybridized carbons (Fsp3) is 0.316. The molecule has 2 aromatic rings. The number of hydrogen-bond acceptors (Lipinski definition) is 3. The minimum Gasteiger partial charge on any atom is -0.496 e. The number of methoxy groups -OCH3 is 1. The summed E-state index contributed by atoms with van der Waals surface area (Å²) < 4.78 is 5.36. The van der Waals surface area contributed by atoms with E-state index in [-0.39, 0.29) is 24.3 Å². The molecular weight excluding hydrogens is 290 g/mol. The molecule has 3 rings (SSSR count). The van der Waals surface area contributed by atoms with Gasteiger partial charge in [-0.3, -0.25) is 4.79 Å². The van der Waals surface area contributed by atoms with Crippen molar-refractivity contribution in [3.8, 4) is 5.75 Å². The number of benzene rings is 2. The highest BCUT2D eigenvalue weighted by molar-refractivity contribution is 5.83. The van der Waals surface area contributed by atoms with Gasteiger partial charge in [-0.15, -0.1) is 0 Å². The number of ether oxygens (including phenoxy) is 1. The van der Waals surface area contributed by atoms with Crippen molar-refractivity contribution in [2.75, 3.05) is 13.7 Å². The number of para-hydroxylation sites is 1. The van der Waals surface area contributed by atoms with Crippen LogP contribution < -0.4 is 10.1 Å². The zero-order chi connectivity index (χ0) is 16.2. The van der Waals surface area contributed by atoms with Crippen molar-refractivity contribution < 1.29 is 14.6 Å². The average Bonchev–Trinajstić information content (AvgIpc) is 3.40. The van der Waals surface area contributed by atoms with Crippen LogP contribution in [0.3, 0.4) is 0 Å². The number of carbonyl (C=O) groups is 1. The maximum Gasteiger partial charge on any atom is 0.223 e. The van der Waals surface area contributed by atoms with E-state index in [1.807, 2.05) is 54.6 Å². The number of aliphatic hydroxyl groups excluding tert-OH is 1. The first-order valence-electron chi connectivity index (χ1n) is 7.84. The van der Waals surface area contributed by atoms with Gasteiger partial charge in [0.1, 0.15) is 5.75 Å². The molecule has 0 radical (unpaired) electrons. The first-order valence-corrected chi connectivity index (χ1v) is 7.84. The number of carbonyl (C=O) groups excluding carboxylic acids is 1. The molecule has 2 aromatic carbocycles. The Morgan fingerprint density at radius 3 is 2.65 bits per heavy atom. The second kappa shape index (κ2) is 6.84. The van der Waals surface area contributed by atoms with E-state index in [0.717, 1.165) is 23.3 Å². The normalized spacial score (nSPS) is 20.6. The first-order chi connectivity index (χ1) is 11.2. The van der Waals surface area contributed by atoms with Crippen LogP contribution in [0.1, 0.15) is 29.6 Å². The maximum atomic E-state index is 12.3. The van der Waals surface area contributed by atoms with Crippen molar-refractivity contribution in [3.05, 3.63) is 65.7 Å². The molecule has 0 spiro atoms. The SMILES string of the molecule is COc1ccccc1[C@@H]1C[C@H]1C(=O)NC[C@@H](O)c1ccccc1. The van der Waals surface area contributed by atoms with Crippen molar-refractivity contribution in [3.63, 3.8) is 0 Å². The smallest absolute Gasteiger partial charge is 0.223 e. The molecule has 120 valence electrons. The van der Waals surface area contributed by atoms with E-state index >= 15 is 0 Å². The van der Waals surface area contributed by atoms with Crippen molar-refractivity contribution in [2.24, 2.45) is 5.92 Å². The summed E-state index contributed by atoms with van der Waals surface area (Å²) in [5.74, 6) is 1.00. The maximum absolute atomic E-state index is 12.3. The molecule has 0 aromatic heterocycles. The lowest BCUT2D eigenvalue weighted by atomic mass is 10.1. The first kappa shape index (κ1) is 15.6. The Labute approximate surface area is 136 Å². The van der Waals surface area contributed by atoms with Gasteiger partial charge in [-0.1, -0.05) is 48.5 Å². The predicted octanol–water partition coefficient (Wildman–Crippen LogP) is 2.65. The van der Waals surface area contributed by atoms with Crippen LogP contribution >= 0.6 is 0 Å². The van der Waals surface area contributed by atoms with Gasteiger partial charge in [0, 0.05) is 12.5 Å². The molecule has 3 atom stereocenters. The van der Waals surface area contributed by atoms with Crippen LogP contribution in [0.15, 0.2) is 54.6 Å². The predicted molar refractivity (Wildman–Crippen MR) is 88.3 cm³/mol. The number of hydrogen-bond donors (Lipinski definition) is 2. The van der Waals surface area contributed by atoms with Crippen LogP contribution in [-0.2, 0) is 4.79 Å². The minimum absolute atomic E-state index is 0.00381. The highest BCUT2D eigenvalue weighted by Gasteiger charge is 2.45. The van der Waals surface area contributed by atoms with Crippen molar-refractivity contribution in [1.82, 2.24) is 5.32 Å². The van der Waals surface area contributed by atoms with E-state index in [0.29, 0.717) is 0 Å². The summed E-state index contributed by atoms with van der Waals surface area (Å²) in [5, 5.41) is 13.0. The largest absolute Gasteiger partial charge is 0.496 e. The molecular formula is C19H21NO3. The quantitative estimate of drug-likeness (QED) is 0.862. The van der Waals surface area contributed by atoms with Crippen LogP contribution in [0, 0.1) is 5.92 Å². The van der Waals surface area contributed by atoms with Crippen molar-refractivity contribution in [2.45, 2.75) is 18.4 Å². The fourth-order valence-corrected chi connectivity index (χ4v) is 2.92. The average molecular weight is 311 g/mol. The van der Waals surface area contributed by atoms with Gasteiger partial charge in [0.25, 0.3) is 0 Å². The van der Waals surface area contributed by atoms with Gasteiger partial charge in [-0.05, 0) is 29.5 Å². The van der Waals surface area contributed by atoms with Crippen LogP contribution in [-0.4, -0.2) is 24.7 Å². The van der Waals surface area contributed by atoms with E-state index < -0.39 is 6.10 Å². The van der Waals surface area contributed by atoms with Gasteiger partial charge in [-0.2, -0.15) is 0 Å². The molecule has 0 bridgehead atoms. The molecule has 0 aliphatic heterocycles. The summed E-state index contributed by atoms with van der Waals surface area (Å²) in [4.78, 5) is 12.3. The molecule has 23 heavy (non-hydrogen) atoms. The Morgan fingerprint density at radius 1 is 1.22 bits per heavy atom. The molecule has 0 heterocycles. The van der Waals surface area contributed by atoms with Crippen LogP contribution in [0.4, 0.5) is 0 Å². The monoisotopic (exact) mass is 311 g/mol. The van der Waals surface area contributed by atoms with Gasteiger partial charge in [0.15, 0.2) is 0 Å². The number of amides is 1. The summed E-state index contributed by atoms with van der Waals surface area (Å²) in [5.41, 5.74) is 1.89. The summed E-state index contributed by atoms with van der Waals surface area (Å²) in [6.45, 7) is 0.234. The van der Waals surface area contributed by atoms with Gasteiger partial charge >= 0.3 is 0 Å². The lowest BCUT2D eigenvalue weighted by Gasteiger charge is -2.12. The standard InChI is InChI=1S/C19H21NO3/c1-23-18-10-6-5-9-14(18)15-11-16(15)19(22)20-12-17(21)13-7-3-2-4-8-13/h2-10,15-17,21H,11-12H2,1H3,(H,20,22)/t15-,16+,17+/m0/s1. The molecule has 1 saturated carbocycles. The number of nitrogens with one attached hydrogen (secondary N) is 1. The Morgan fingerprint density at radius 2 is 1.91 bits per heavy atom. The number of aliphatic hydroxyl groups is 1. The molecule has 4 heteroatoms. The van der Waals surface area contributed by atoms with E-state index in [4.69, 9.17) is 4.74 Å². The third-order valence-electron chi connectivity index (χ3n) is 4.32. The van der Waals surface area contributed by atoms with Gasteiger partial charge < -0.3 is 15.2 Å². The second-order valence-electron chi connectivity index (χ2n) is 5.86. The van der Waals surface area contributed by atoms with Crippen LogP contribution in [0.2, 0.25) is 0 Å². The summed E-state index contributed by atoms with van der Waals surface area (Å²) in [6.07, 6.45) is 0.150. The van der Waals surface area contributed by atoms with Crippen molar-refractivity contribution in [1.29, 1.82) is 0 Å². The Bertz CT molecular complexity index is 671. The second-order valence-corrected chi connectivity index (χ2v) is 5.86. The molecule has 0 saturated heterocycles. The molecule has 1 aliphatic carbocycles. The topological polar surface area (TPSA) is 58.6 Å². The Hall–Kier alpha value is -2.33. The summed E-state index contributed by atoms with van der Waals surface area (Å²) in [7, 11) is 1.65. The lowest BCUT2D eigenvalue weighted by molar-refractivity contribution is -0.122. The molecule has 4 nitrogen and oxygen atoms in total. The van der Waals surface area contributed by atoms with Gasteiger partial charge in [0.05, 0.1) is 13.2 Å². The Balaban J connectivity index is 1.55. The molecule has 1 amide bonds. The van der Waals surface area contributed by atoms with E-state index in [1.54, 1.807) is 7.11 Å². The number of rotatable bonds is 6. The van der Waals surface area contributed by atoms with E-state index in [1.165, 1.54) is 0 Å². The fourth-order valence-electron chi connectivity index (χ4n) is 2.92. The van der Waals surface area contributed by atoms with Crippen LogP contribution in [0.25, 0.3) is 0 Å². The van der Waals surface area contributed by atoms with Gasteiger partial charge in [-0.25, -0.2) is 0 Å². The molecule has 1 fully saturated rings. The minimum atomic E-state index is -0.677. The van der Waals surface area contributed by atoms with E-state index in [2.05, 4.69) is 5.32 Å². The molecule has 0 unspecified atom stereocenters. The Kier molecular flexibility index (Phi) is 4.63. The lowest BCUT2D eigenvalue weighted by Crippen LogP contribution is -2.30. The van der Waals surface area contributed by atoms with Crippen molar-refractivity contribution >= 4 is 5.91 Å². The summed E-state index contributed by atoms with van der Waals surface area (Å²) in [6, 6.07) is 17.2. The third kappa shape index (κ3) is 3.54. The van der Waals surface area contributed by atoms with E-state index in [9.17, 15) is 9.90 Å². The molecule has 1 aliphatic rings. The van der Waals surface area contributed by atoms with Crippen LogP contribution in [0.5, 0.6) is 5.75 Å². The summed E-state index contributed by atoms with van der Waals surface area (Å²) >= 11 is 0. The highest BCUT2D eigenvalue weighted by atomic mass is 16.5. The van der Waals surface area contributed by atoms with Gasteiger partial charge in [0.2, 0.25) is 5.91 Å².